The molecular weight excluding hydrogens is 292 g/mol. The second-order valence-corrected chi connectivity index (χ2v) is 7.78. The molecule has 116 valence electrons. The fourth-order valence-electron chi connectivity index (χ4n) is 2.37. The van der Waals surface area contributed by atoms with Gasteiger partial charge in [0.2, 0.25) is 10.0 Å². The summed E-state index contributed by atoms with van der Waals surface area (Å²) >= 11 is 0. The van der Waals surface area contributed by atoms with Crippen LogP contribution in [0.15, 0.2) is 29.2 Å². The highest BCUT2D eigenvalue weighted by atomic mass is 32.2. The fourth-order valence-corrected chi connectivity index (χ4v) is 3.97. The summed E-state index contributed by atoms with van der Waals surface area (Å²) in [5.74, 6) is -0.956. The van der Waals surface area contributed by atoms with Crippen molar-refractivity contribution in [1.82, 2.24) is 4.31 Å². The van der Waals surface area contributed by atoms with Gasteiger partial charge in [0.05, 0.1) is 10.3 Å². The standard InChI is InChI=1S/C14H20N2O4S/c1-14(13(17)18)7-8-16(10-14)21(19,20)12-6-4-5-11(9-12)15(2)3/h4-6,9H,7-8,10H2,1-3H3,(H,17,18). The first-order chi connectivity index (χ1) is 9.67. The zero-order valence-corrected chi connectivity index (χ0v) is 13.2. The van der Waals surface area contributed by atoms with Crippen LogP contribution in [0.3, 0.4) is 0 Å². The number of carbonyl (C=O) groups is 1. The van der Waals surface area contributed by atoms with Gasteiger partial charge in [-0.15, -0.1) is 0 Å². The van der Waals surface area contributed by atoms with Gasteiger partial charge in [-0.3, -0.25) is 4.79 Å². The zero-order valence-electron chi connectivity index (χ0n) is 12.4. The normalized spacial score (nSPS) is 23.2. The number of carboxylic acid groups (broad SMARTS) is 1. The molecule has 0 spiro atoms. The molecule has 1 fully saturated rings. The summed E-state index contributed by atoms with van der Waals surface area (Å²) in [6, 6.07) is 6.66. The summed E-state index contributed by atoms with van der Waals surface area (Å²) < 4.78 is 26.5. The number of carboxylic acids is 1. The molecule has 0 aromatic heterocycles. The van der Waals surface area contributed by atoms with Gasteiger partial charge in [-0.1, -0.05) is 6.07 Å². The monoisotopic (exact) mass is 312 g/mol. The molecular formula is C14H20N2O4S. The van der Waals surface area contributed by atoms with Gasteiger partial charge >= 0.3 is 5.97 Å². The predicted molar refractivity (Wildman–Crippen MR) is 79.9 cm³/mol. The molecule has 2 rings (SSSR count). The summed E-state index contributed by atoms with van der Waals surface area (Å²) in [6.07, 6.45) is 0.328. The SMILES string of the molecule is CN(C)c1cccc(S(=O)(=O)N2CCC(C)(C(=O)O)C2)c1. The molecule has 6 nitrogen and oxygen atoms in total. The van der Waals surface area contributed by atoms with Crippen molar-refractivity contribution in [3.8, 4) is 0 Å². The van der Waals surface area contributed by atoms with Gasteiger partial charge in [-0.25, -0.2) is 8.42 Å². The Labute approximate surface area is 125 Å². The maximum Gasteiger partial charge on any atom is 0.310 e. The van der Waals surface area contributed by atoms with Crippen molar-refractivity contribution in [3.63, 3.8) is 0 Å². The predicted octanol–water partition coefficient (Wildman–Crippen LogP) is 1.24. The van der Waals surface area contributed by atoms with E-state index in [0.29, 0.717) is 6.42 Å². The summed E-state index contributed by atoms with van der Waals surface area (Å²) in [5.41, 5.74) is -0.219. The van der Waals surface area contributed by atoms with Crippen LogP contribution < -0.4 is 4.90 Å². The van der Waals surface area contributed by atoms with Crippen LogP contribution in [0.25, 0.3) is 0 Å². The quantitative estimate of drug-likeness (QED) is 0.905. The third-order valence-electron chi connectivity index (χ3n) is 3.93. The number of anilines is 1. The minimum absolute atomic E-state index is 0.0108. The van der Waals surface area contributed by atoms with Crippen molar-refractivity contribution in [1.29, 1.82) is 0 Å². The molecule has 7 heteroatoms. The van der Waals surface area contributed by atoms with Crippen LogP contribution in [-0.2, 0) is 14.8 Å². The van der Waals surface area contributed by atoms with Gasteiger partial charge in [0.25, 0.3) is 0 Å². The molecule has 0 bridgehead atoms. The lowest BCUT2D eigenvalue weighted by atomic mass is 9.90. The van der Waals surface area contributed by atoms with Gasteiger partial charge < -0.3 is 10.0 Å². The van der Waals surface area contributed by atoms with E-state index in [1.807, 2.05) is 25.1 Å². The molecule has 0 radical (unpaired) electrons. The van der Waals surface area contributed by atoms with Crippen LogP contribution in [0.2, 0.25) is 0 Å². The lowest BCUT2D eigenvalue weighted by molar-refractivity contribution is -0.146. The van der Waals surface area contributed by atoms with Gasteiger partial charge in [-0.2, -0.15) is 4.31 Å². The zero-order chi connectivity index (χ0) is 15.8. The van der Waals surface area contributed by atoms with Crippen molar-refractivity contribution in [3.05, 3.63) is 24.3 Å². The Balaban J connectivity index is 2.32. The van der Waals surface area contributed by atoms with Crippen LogP contribution in [0.5, 0.6) is 0 Å². The van der Waals surface area contributed by atoms with E-state index < -0.39 is 21.4 Å². The highest BCUT2D eigenvalue weighted by molar-refractivity contribution is 7.89. The average molecular weight is 312 g/mol. The van der Waals surface area contributed by atoms with Crippen LogP contribution in [0.4, 0.5) is 5.69 Å². The molecule has 21 heavy (non-hydrogen) atoms. The first-order valence-corrected chi connectivity index (χ1v) is 8.12. The van der Waals surface area contributed by atoms with E-state index in [1.165, 1.54) is 4.31 Å². The summed E-state index contributed by atoms with van der Waals surface area (Å²) in [6.45, 7) is 1.83. The average Bonchev–Trinajstić information content (AvgIpc) is 2.84. The number of aliphatic carboxylic acids is 1. The molecule has 1 atom stereocenters. The molecule has 1 N–H and O–H groups in total. The topological polar surface area (TPSA) is 77.9 Å². The van der Waals surface area contributed by atoms with Crippen LogP contribution >= 0.6 is 0 Å². The molecule has 1 aromatic rings. The Morgan fingerprint density at radius 1 is 1.38 bits per heavy atom. The molecule has 1 aliphatic heterocycles. The van der Waals surface area contributed by atoms with Gasteiger partial charge in [0.15, 0.2) is 0 Å². The fraction of sp³-hybridized carbons (Fsp3) is 0.500. The number of rotatable bonds is 4. The maximum atomic E-state index is 12.6. The first kappa shape index (κ1) is 15.8. The highest BCUT2D eigenvalue weighted by Gasteiger charge is 2.44. The molecule has 1 aromatic carbocycles. The molecule has 0 aliphatic carbocycles. The highest BCUT2D eigenvalue weighted by Crippen LogP contribution is 2.34. The van der Waals surface area contributed by atoms with E-state index in [1.54, 1.807) is 25.1 Å². The third kappa shape index (κ3) is 2.89. The third-order valence-corrected chi connectivity index (χ3v) is 5.77. The number of nitrogens with zero attached hydrogens (tertiary/aromatic N) is 2. The minimum atomic E-state index is -3.66. The van der Waals surface area contributed by atoms with E-state index in [-0.39, 0.29) is 18.0 Å². The van der Waals surface area contributed by atoms with Gasteiger partial charge in [0.1, 0.15) is 0 Å². The van der Waals surface area contributed by atoms with Crippen molar-refractivity contribution < 1.29 is 18.3 Å². The summed E-state index contributed by atoms with van der Waals surface area (Å²) in [4.78, 5) is 13.3. The maximum absolute atomic E-state index is 12.6. The summed E-state index contributed by atoms with van der Waals surface area (Å²) in [7, 11) is 0.0168. The lowest BCUT2D eigenvalue weighted by Gasteiger charge is -2.21. The van der Waals surface area contributed by atoms with Gasteiger partial charge in [0, 0.05) is 32.9 Å². The van der Waals surface area contributed by atoms with E-state index >= 15 is 0 Å². The van der Waals surface area contributed by atoms with E-state index in [4.69, 9.17) is 0 Å². The molecule has 0 saturated carbocycles. The molecule has 0 amide bonds. The Kier molecular flexibility index (Phi) is 3.99. The molecule has 1 aliphatic rings. The number of hydrogen-bond donors (Lipinski definition) is 1. The van der Waals surface area contributed by atoms with E-state index in [0.717, 1.165) is 5.69 Å². The Morgan fingerprint density at radius 2 is 2.05 bits per heavy atom. The van der Waals surface area contributed by atoms with Gasteiger partial charge in [-0.05, 0) is 31.5 Å². The number of benzene rings is 1. The molecule has 1 heterocycles. The van der Waals surface area contributed by atoms with Crippen LogP contribution in [0, 0.1) is 5.41 Å². The largest absolute Gasteiger partial charge is 0.481 e. The Hall–Kier alpha value is -1.60. The smallest absolute Gasteiger partial charge is 0.310 e. The van der Waals surface area contributed by atoms with Crippen molar-refractivity contribution in [2.24, 2.45) is 5.41 Å². The Morgan fingerprint density at radius 3 is 2.57 bits per heavy atom. The minimum Gasteiger partial charge on any atom is -0.481 e. The van der Waals surface area contributed by atoms with E-state index in [9.17, 15) is 18.3 Å². The van der Waals surface area contributed by atoms with E-state index in [2.05, 4.69) is 0 Å². The number of hydrogen-bond acceptors (Lipinski definition) is 4. The number of sulfonamides is 1. The second-order valence-electron chi connectivity index (χ2n) is 5.85. The van der Waals surface area contributed by atoms with Crippen LogP contribution in [-0.4, -0.2) is 51.0 Å². The summed E-state index contributed by atoms with van der Waals surface area (Å²) in [5, 5.41) is 9.22. The second kappa shape index (κ2) is 5.31. The molecule has 1 saturated heterocycles. The molecule has 1 unspecified atom stereocenters. The van der Waals surface area contributed by atoms with Crippen molar-refractivity contribution >= 4 is 21.7 Å². The lowest BCUT2D eigenvalue weighted by Crippen LogP contribution is -2.34. The Bertz CT molecular complexity index is 657. The first-order valence-electron chi connectivity index (χ1n) is 6.68. The van der Waals surface area contributed by atoms with Crippen molar-refractivity contribution in [2.45, 2.75) is 18.2 Å². The van der Waals surface area contributed by atoms with Crippen LogP contribution in [0.1, 0.15) is 13.3 Å². The van der Waals surface area contributed by atoms with Crippen molar-refractivity contribution in [2.75, 3.05) is 32.1 Å².